The molecule has 0 fully saturated rings. The van der Waals surface area contributed by atoms with Gasteiger partial charge < -0.3 is 14.6 Å². The lowest BCUT2D eigenvalue weighted by Gasteiger charge is -2.04. The van der Waals surface area contributed by atoms with Gasteiger partial charge in [-0.25, -0.2) is 4.39 Å². The normalized spacial score (nSPS) is 10.5. The van der Waals surface area contributed by atoms with Crippen LogP contribution in [-0.2, 0) is 6.42 Å². The number of ether oxygens (including phenoxy) is 1. The molecule has 3 aromatic rings. The van der Waals surface area contributed by atoms with Crippen molar-refractivity contribution in [2.24, 2.45) is 0 Å². The minimum Gasteiger partial charge on any atom is -0.496 e. The quantitative estimate of drug-likeness (QED) is 0.746. The Kier molecular flexibility index (Phi) is 5.09. The van der Waals surface area contributed by atoms with E-state index in [0.29, 0.717) is 24.5 Å². The number of hydrogen-bond acceptors (Lipinski definition) is 4. The topological polar surface area (TPSA) is 64.4 Å². The van der Waals surface area contributed by atoms with Crippen molar-refractivity contribution in [2.45, 2.75) is 6.42 Å². The van der Waals surface area contributed by atoms with E-state index in [-0.39, 0.29) is 17.4 Å². The molecule has 25 heavy (non-hydrogen) atoms. The first-order valence-electron chi connectivity index (χ1n) is 7.80. The van der Waals surface area contributed by atoms with E-state index in [4.69, 9.17) is 9.26 Å². The molecule has 0 radical (unpaired) electrons. The number of hydrogen-bond donors (Lipinski definition) is 1. The summed E-state index contributed by atoms with van der Waals surface area (Å²) in [6.07, 6.45) is 0.600. The predicted molar refractivity (Wildman–Crippen MR) is 90.9 cm³/mol. The molecule has 3 rings (SSSR count). The average molecular weight is 340 g/mol. The highest BCUT2D eigenvalue weighted by molar-refractivity contribution is 5.93. The van der Waals surface area contributed by atoms with Crippen molar-refractivity contribution in [1.82, 2.24) is 10.5 Å². The lowest BCUT2D eigenvalue weighted by Crippen LogP contribution is -2.25. The van der Waals surface area contributed by atoms with Crippen LogP contribution < -0.4 is 10.1 Å². The number of halogens is 1. The Labute approximate surface area is 144 Å². The molecule has 1 aromatic heterocycles. The van der Waals surface area contributed by atoms with Gasteiger partial charge in [0, 0.05) is 12.6 Å². The molecule has 1 amide bonds. The zero-order chi connectivity index (χ0) is 17.6. The van der Waals surface area contributed by atoms with Gasteiger partial charge in [-0.15, -0.1) is 0 Å². The number of benzene rings is 2. The first kappa shape index (κ1) is 16.7. The summed E-state index contributed by atoms with van der Waals surface area (Å²) in [6, 6.07) is 15.1. The van der Waals surface area contributed by atoms with E-state index in [1.807, 2.05) is 18.2 Å². The number of para-hydroxylation sites is 1. The van der Waals surface area contributed by atoms with Gasteiger partial charge in [0.05, 0.1) is 12.7 Å². The summed E-state index contributed by atoms with van der Waals surface area (Å²) in [7, 11) is 1.57. The van der Waals surface area contributed by atoms with Crippen LogP contribution in [-0.4, -0.2) is 24.7 Å². The molecule has 0 unspecified atom stereocenters. The van der Waals surface area contributed by atoms with E-state index in [9.17, 15) is 9.18 Å². The fourth-order valence-electron chi connectivity index (χ4n) is 2.42. The maximum Gasteiger partial charge on any atom is 0.273 e. The molecule has 0 saturated carbocycles. The number of rotatable bonds is 6. The van der Waals surface area contributed by atoms with E-state index in [2.05, 4.69) is 10.5 Å². The number of nitrogens with zero attached hydrogens (tertiary/aromatic N) is 1. The lowest BCUT2D eigenvalue weighted by atomic mass is 10.1. The standard InChI is InChI=1S/C19H17FN2O3/c1-24-17-5-3-2-4-15(17)18-12-16(22-25-18)19(23)21-11-10-13-6-8-14(20)9-7-13/h2-9,12H,10-11H2,1H3,(H,21,23). The smallest absolute Gasteiger partial charge is 0.273 e. The van der Waals surface area contributed by atoms with E-state index >= 15 is 0 Å². The molecule has 0 aliphatic rings. The summed E-state index contributed by atoms with van der Waals surface area (Å²) in [4.78, 5) is 12.2. The van der Waals surface area contributed by atoms with Crippen molar-refractivity contribution in [3.63, 3.8) is 0 Å². The second-order valence-electron chi connectivity index (χ2n) is 5.41. The summed E-state index contributed by atoms with van der Waals surface area (Å²) in [5.41, 5.74) is 1.86. The summed E-state index contributed by atoms with van der Waals surface area (Å²) in [6.45, 7) is 0.418. The summed E-state index contributed by atoms with van der Waals surface area (Å²) < 4.78 is 23.4. The fraction of sp³-hybridized carbons (Fsp3) is 0.158. The highest BCUT2D eigenvalue weighted by atomic mass is 19.1. The van der Waals surface area contributed by atoms with Gasteiger partial charge in [0.1, 0.15) is 11.6 Å². The third-order valence-electron chi connectivity index (χ3n) is 3.73. The van der Waals surface area contributed by atoms with E-state index in [1.165, 1.54) is 12.1 Å². The number of carbonyl (C=O) groups is 1. The molecule has 0 aliphatic heterocycles. The van der Waals surface area contributed by atoms with Crippen LogP contribution in [0.2, 0.25) is 0 Å². The van der Waals surface area contributed by atoms with Crippen LogP contribution >= 0.6 is 0 Å². The van der Waals surface area contributed by atoms with Gasteiger partial charge in [-0.2, -0.15) is 0 Å². The summed E-state index contributed by atoms with van der Waals surface area (Å²) >= 11 is 0. The Morgan fingerprint density at radius 3 is 2.72 bits per heavy atom. The number of methoxy groups -OCH3 is 1. The number of nitrogens with one attached hydrogen (secondary N) is 1. The maximum absolute atomic E-state index is 12.9. The van der Waals surface area contributed by atoms with Crippen LogP contribution in [0.15, 0.2) is 59.1 Å². The molecule has 0 atom stereocenters. The Morgan fingerprint density at radius 1 is 1.20 bits per heavy atom. The Morgan fingerprint density at radius 2 is 1.96 bits per heavy atom. The second-order valence-corrected chi connectivity index (χ2v) is 5.41. The Hall–Kier alpha value is -3.15. The molecule has 2 aromatic carbocycles. The fourth-order valence-corrected chi connectivity index (χ4v) is 2.42. The summed E-state index contributed by atoms with van der Waals surface area (Å²) in [5.74, 6) is 0.495. The number of carbonyl (C=O) groups excluding carboxylic acids is 1. The van der Waals surface area contributed by atoms with Crippen LogP contribution in [0.4, 0.5) is 4.39 Å². The van der Waals surface area contributed by atoms with Gasteiger partial charge >= 0.3 is 0 Å². The Bertz CT molecular complexity index is 859. The first-order chi connectivity index (χ1) is 12.2. The maximum atomic E-state index is 12.9. The largest absolute Gasteiger partial charge is 0.496 e. The SMILES string of the molecule is COc1ccccc1-c1cc(C(=O)NCCc2ccc(F)cc2)no1. The molecular weight excluding hydrogens is 323 g/mol. The van der Waals surface area contributed by atoms with Crippen LogP contribution in [0, 0.1) is 5.82 Å². The molecule has 5 nitrogen and oxygen atoms in total. The lowest BCUT2D eigenvalue weighted by molar-refractivity contribution is 0.0945. The van der Waals surface area contributed by atoms with Crippen LogP contribution in [0.25, 0.3) is 11.3 Å². The molecule has 1 N–H and O–H groups in total. The van der Waals surface area contributed by atoms with Crippen molar-refractivity contribution >= 4 is 5.91 Å². The van der Waals surface area contributed by atoms with Gasteiger partial charge in [-0.3, -0.25) is 4.79 Å². The molecular formula is C19H17FN2O3. The molecule has 0 spiro atoms. The van der Waals surface area contributed by atoms with Crippen LogP contribution in [0.3, 0.4) is 0 Å². The van der Waals surface area contributed by atoms with Gasteiger partial charge in [0.15, 0.2) is 11.5 Å². The van der Waals surface area contributed by atoms with Crippen LogP contribution in [0.1, 0.15) is 16.1 Å². The van der Waals surface area contributed by atoms with Gasteiger partial charge in [-0.1, -0.05) is 29.4 Å². The average Bonchev–Trinajstić information content (AvgIpc) is 3.13. The molecule has 128 valence electrons. The highest BCUT2D eigenvalue weighted by Crippen LogP contribution is 2.29. The predicted octanol–water partition coefficient (Wildman–Crippen LogP) is 3.46. The van der Waals surface area contributed by atoms with Crippen molar-refractivity contribution in [3.8, 4) is 17.1 Å². The molecule has 0 aliphatic carbocycles. The van der Waals surface area contributed by atoms with Crippen molar-refractivity contribution < 1.29 is 18.4 Å². The Balaban J connectivity index is 1.61. The third-order valence-corrected chi connectivity index (χ3v) is 3.73. The minimum atomic E-state index is -0.327. The first-order valence-corrected chi connectivity index (χ1v) is 7.80. The van der Waals surface area contributed by atoms with Gasteiger partial charge in [-0.05, 0) is 36.2 Å². The van der Waals surface area contributed by atoms with Crippen molar-refractivity contribution in [3.05, 3.63) is 71.7 Å². The van der Waals surface area contributed by atoms with Crippen molar-refractivity contribution in [2.75, 3.05) is 13.7 Å². The van der Waals surface area contributed by atoms with Crippen molar-refractivity contribution in [1.29, 1.82) is 0 Å². The molecule has 0 bridgehead atoms. The number of aromatic nitrogens is 1. The van der Waals surface area contributed by atoms with Gasteiger partial charge in [0.2, 0.25) is 0 Å². The highest BCUT2D eigenvalue weighted by Gasteiger charge is 2.15. The van der Waals surface area contributed by atoms with E-state index in [0.717, 1.165) is 11.1 Å². The number of amides is 1. The second kappa shape index (κ2) is 7.61. The third kappa shape index (κ3) is 4.03. The van der Waals surface area contributed by atoms with Gasteiger partial charge in [0.25, 0.3) is 5.91 Å². The van der Waals surface area contributed by atoms with Crippen LogP contribution in [0.5, 0.6) is 5.75 Å². The zero-order valence-electron chi connectivity index (χ0n) is 13.7. The molecule has 1 heterocycles. The monoisotopic (exact) mass is 340 g/mol. The minimum absolute atomic E-state index is 0.194. The zero-order valence-corrected chi connectivity index (χ0v) is 13.7. The van der Waals surface area contributed by atoms with E-state index in [1.54, 1.807) is 31.4 Å². The molecule has 6 heteroatoms. The summed E-state index contributed by atoms with van der Waals surface area (Å²) in [5, 5.41) is 6.58. The molecule has 0 saturated heterocycles. The van der Waals surface area contributed by atoms with E-state index < -0.39 is 0 Å².